The van der Waals surface area contributed by atoms with Crippen molar-refractivity contribution in [3.63, 3.8) is 0 Å². The fraction of sp³-hybridized carbons (Fsp3) is 0.267. The van der Waals surface area contributed by atoms with Crippen LogP contribution in [0.4, 0.5) is 5.69 Å². The zero-order valence-corrected chi connectivity index (χ0v) is 22.2. The van der Waals surface area contributed by atoms with Gasteiger partial charge in [0, 0.05) is 29.0 Å². The van der Waals surface area contributed by atoms with Gasteiger partial charge >= 0.3 is 0 Å². The highest BCUT2D eigenvalue weighted by atomic mass is 32.1. The van der Waals surface area contributed by atoms with Crippen LogP contribution in [0.15, 0.2) is 79.0 Å². The number of hydrogen-bond acceptors (Lipinski definition) is 3. The predicted octanol–water partition coefficient (Wildman–Crippen LogP) is 6.76. The van der Waals surface area contributed by atoms with Crippen molar-refractivity contribution < 1.29 is 4.74 Å². The number of rotatable bonds is 6. The third-order valence-electron chi connectivity index (χ3n) is 6.67. The molecule has 0 radical (unpaired) electrons. The topological polar surface area (TPSA) is 42.3 Å². The lowest BCUT2D eigenvalue weighted by atomic mass is 9.96. The monoisotopic (exact) mass is 496 g/mol. The van der Waals surface area contributed by atoms with E-state index >= 15 is 0 Å². The Morgan fingerprint density at radius 1 is 0.917 bits per heavy atom. The third-order valence-corrected chi connectivity index (χ3v) is 6.98. The summed E-state index contributed by atoms with van der Waals surface area (Å²) in [7, 11) is 0. The van der Waals surface area contributed by atoms with Gasteiger partial charge in [0.2, 0.25) is 0 Å². The van der Waals surface area contributed by atoms with Crippen molar-refractivity contribution >= 4 is 23.0 Å². The van der Waals surface area contributed by atoms with Crippen molar-refractivity contribution in [2.45, 2.75) is 52.8 Å². The number of nitrogens with one attached hydrogen (secondary N) is 1. The van der Waals surface area contributed by atoms with Gasteiger partial charge in [-0.1, -0.05) is 23.8 Å². The maximum atomic E-state index is 5.92. The predicted molar refractivity (Wildman–Crippen MR) is 150 cm³/mol. The number of aryl methyl sites for hydroxylation is 2. The molecule has 0 unspecified atom stereocenters. The molecule has 0 amide bonds. The van der Waals surface area contributed by atoms with Crippen molar-refractivity contribution in [2.75, 3.05) is 4.90 Å². The van der Waals surface area contributed by atoms with Crippen LogP contribution in [-0.4, -0.2) is 20.8 Å². The minimum atomic E-state index is -0.0859. The molecular weight excluding hydrogens is 464 g/mol. The number of hydrogen-bond donors (Lipinski definition) is 1. The summed E-state index contributed by atoms with van der Waals surface area (Å²) in [5, 5.41) is 4.26. The summed E-state index contributed by atoms with van der Waals surface area (Å²) in [5.74, 6) is 0.849. The Balaban J connectivity index is 1.62. The Bertz CT molecular complexity index is 1360. The lowest BCUT2D eigenvalue weighted by molar-refractivity contribution is 0.242. The van der Waals surface area contributed by atoms with E-state index in [4.69, 9.17) is 21.9 Å². The summed E-state index contributed by atoms with van der Waals surface area (Å²) in [6.45, 7) is 10.5. The van der Waals surface area contributed by atoms with E-state index in [-0.39, 0.29) is 18.2 Å². The van der Waals surface area contributed by atoms with Crippen molar-refractivity contribution in [2.24, 2.45) is 0 Å². The van der Waals surface area contributed by atoms with E-state index in [0.717, 1.165) is 22.8 Å². The van der Waals surface area contributed by atoms with Crippen LogP contribution in [0.2, 0.25) is 0 Å². The third kappa shape index (κ3) is 4.49. The average Bonchev–Trinajstić information content (AvgIpc) is 3.35. The molecule has 1 aliphatic heterocycles. The number of aromatic nitrogens is 2. The van der Waals surface area contributed by atoms with Gasteiger partial charge in [-0.05, 0) is 107 Å². The van der Waals surface area contributed by atoms with Crippen LogP contribution in [0, 0.1) is 20.8 Å². The minimum absolute atomic E-state index is 0.0605. The molecule has 1 saturated heterocycles. The van der Waals surface area contributed by atoms with E-state index in [9.17, 15) is 0 Å². The van der Waals surface area contributed by atoms with Gasteiger partial charge in [-0.2, -0.15) is 0 Å². The average molecular weight is 497 g/mol. The summed E-state index contributed by atoms with van der Waals surface area (Å²) in [6.07, 6.45) is 1.96. The molecule has 2 aromatic carbocycles. The maximum Gasteiger partial charge on any atom is 0.174 e. The SMILES string of the molecule is Cc1ccc(-n2c(C)cc([C@@H]3[C@@H](c4ccccn4)NC(=S)N3c3ccc(OC(C)C)cc3)c2C)cc1. The highest BCUT2D eigenvalue weighted by Crippen LogP contribution is 2.44. The van der Waals surface area contributed by atoms with E-state index in [1.165, 1.54) is 22.5 Å². The molecule has 1 aliphatic rings. The number of thiocarbonyl (C=S) groups is 1. The van der Waals surface area contributed by atoms with E-state index in [1.807, 2.05) is 44.3 Å². The molecule has 0 aliphatic carbocycles. The van der Waals surface area contributed by atoms with Gasteiger partial charge in [-0.3, -0.25) is 4.98 Å². The summed E-state index contributed by atoms with van der Waals surface area (Å²) >= 11 is 5.92. The van der Waals surface area contributed by atoms with Crippen molar-refractivity contribution in [1.29, 1.82) is 0 Å². The van der Waals surface area contributed by atoms with Crippen molar-refractivity contribution in [1.82, 2.24) is 14.9 Å². The first kappa shape index (κ1) is 24.1. The molecule has 5 rings (SSSR count). The molecule has 0 spiro atoms. The molecule has 5 nitrogen and oxygen atoms in total. The minimum Gasteiger partial charge on any atom is -0.491 e. The van der Waals surface area contributed by atoms with Crippen LogP contribution >= 0.6 is 12.2 Å². The van der Waals surface area contributed by atoms with Crippen molar-refractivity contribution in [3.05, 3.63) is 107 Å². The van der Waals surface area contributed by atoms with Crippen LogP contribution in [0.5, 0.6) is 5.75 Å². The standard InChI is InChI=1S/C30H32N4OS/c1-19(2)35-25-15-13-24(14-16-25)34-29(28(32-30(34)36)27-8-6-7-17-31-27)26-18-21(4)33(22(26)5)23-11-9-20(3)10-12-23/h6-19,28-29H,1-5H3,(H,32,36)/t28-,29-/m1/s1. The molecule has 0 saturated carbocycles. The molecule has 4 aromatic rings. The highest BCUT2D eigenvalue weighted by Gasteiger charge is 2.42. The van der Waals surface area contributed by atoms with Crippen molar-refractivity contribution in [3.8, 4) is 11.4 Å². The van der Waals surface area contributed by atoms with Gasteiger partial charge in [-0.25, -0.2) is 0 Å². The summed E-state index contributed by atoms with van der Waals surface area (Å²) in [5.41, 5.74) is 7.99. The summed E-state index contributed by atoms with van der Waals surface area (Å²) in [6, 6.07) is 25.0. The Morgan fingerprint density at radius 3 is 2.25 bits per heavy atom. The fourth-order valence-electron chi connectivity index (χ4n) is 5.08. The van der Waals surface area contributed by atoms with E-state index in [1.54, 1.807) is 0 Å². The molecule has 184 valence electrons. The maximum absolute atomic E-state index is 5.92. The lowest BCUT2D eigenvalue weighted by Crippen LogP contribution is -2.29. The molecule has 0 bridgehead atoms. The molecule has 36 heavy (non-hydrogen) atoms. The summed E-state index contributed by atoms with van der Waals surface area (Å²) < 4.78 is 8.20. The normalized spacial score (nSPS) is 17.5. The van der Waals surface area contributed by atoms with E-state index in [0.29, 0.717) is 5.11 Å². The van der Waals surface area contributed by atoms with Crippen LogP contribution in [0.1, 0.15) is 54.1 Å². The Morgan fingerprint density at radius 2 is 1.61 bits per heavy atom. The zero-order chi connectivity index (χ0) is 25.4. The molecule has 2 atom stereocenters. The first-order valence-corrected chi connectivity index (χ1v) is 12.8. The Labute approximate surface area is 218 Å². The molecule has 3 heterocycles. The number of ether oxygens (including phenoxy) is 1. The lowest BCUT2D eigenvalue weighted by Gasteiger charge is -2.28. The van der Waals surface area contributed by atoms with E-state index in [2.05, 4.69) is 84.1 Å². The van der Waals surface area contributed by atoms with E-state index < -0.39 is 0 Å². The second-order valence-corrected chi connectivity index (χ2v) is 10.0. The van der Waals surface area contributed by atoms with Crippen LogP contribution in [-0.2, 0) is 0 Å². The van der Waals surface area contributed by atoms with Gasteiger partial charge in [0.25, 0.3) is 0 Å². The van der Waals surface area contributed by atoms with Gasteiger partial charge in [0.1, 0.15) is 5.75 Å². The molecular formula is C30H32N4OS. The largest absolute Gasteiger partial charge is 0.491 e. The van der Waals surface area contributed by atoms with Gasteiger partial charge in [0.15, 0.2) is 5.11 Å². The van der Waals surface area contributed by atoms with Gasteiger partial charge in [0.05, 0.1) is 23.9 Å². The number of nitrogens with zero attached hydrogens (tertiary/aromatic N) is 3. The fourth-order valence-corrected chi connectivity index (χ4v) is 5.43. The molecule has 1 N–H and O–H groups in total. The Hall–Kier alpha value is -3.64. The molecule has 1 fully saturated rings. The first-order chi connectivity index (χ1) is 17.3. The van der Waals surface area contributed by atoms with Crippen LogP contribution in [0.25, 0.3) is 5.69 Å². The van der Waals surface area contributed by atoms with Crippen LogP contribution < -0.4 is 15.0 Å². The molecule has 2 aromatic heterocycles. The number of pyridine rings is 1. The zero-order valence-electron chi connectivity index (χ0n) is 21.4. The van der Waals surface area contributed by atoms with Gasteiger partial charge < -0.3 is 19.5 Å². The summed E-state index contributed by atoms with van der Waals surface area (Å²) in [4.78, 5) is 6.91. The quantitative estimate of drug-likeness (QED) is 0.299. The smallest absolute Gasteiger partial charge is 0.174 e. The Kier molecular flexibility index (Phi) is 6.54. The second kappa shape index (κ2) is 9.78. The highest BCUT2D eigenvalue weighted by molar-refractivity contribution is 7.80. The number of benzene rings is 2. The van der Waals surface area contributed by atoms with Crippen LogP contribution in [0.3, 0.4) is 0 Å². The van der Waals surface area contributed by atoms with Gasteiger partial charge in [-0.15, -0.1) is 0 Å². The molecule has 6 heteroatoms. The number of anilines is 1. The second-order valence-electron chi connectivity index (χ2n) is 9.65. The first-order valence-electron chi connectivity index (χ1n) is 12.4.